The highest BCUT2D eigenvalue weighted by Crippen LogP contribution is 2.37. The SMILES string of the molecule is O=C1c2cccc3cccc(c23)N1CCCS(=O)(=O)[O-]. The van der Waals surface area contributed by atoms with E-state index in [-0.39, 0.29) is 18.9 Å². The topological polar surface area (TPSA) is 77.5 Å². The molecule has 0 saturated carbocycles. The Morgan fingerprint density at radius 2 is 1.80 bits per heavy atom. The Morgan fingerprint density at radius 3 is 2.50 bits per heavy atom. The van der Waals surface area contributed by atoms with Crippen LogP contribution < -0.4 is 4.90 Å². The van der Waals surface area contributed by atoms with Crippen LogP contribution in [0.1, 0.15) is 16.8 Å². The van der Waals surface area contributed by atoms with Gasteiger partial charge in [-0.2, -0.15) is 0 Å². The second-order valence-electron chi connectivity index (χ2n) is 4.75. The van der Waals surface area contributed by atoms with Crippen LogP contribution in [-0.2, 0) is 10.1 Å². The minimum Gasteiger partial charge on any atom is -0.748 e. The maximum Gasteiger partial charge on any atom is 0.258 e. The highest BCUT2D eigenvalue weighted by atomic mass is 32.2. The number of rotatable bonds is 4. The Labute approximate surface area is 116 Å². The van der Waals surface area contributed by atoms with E-state index in [4.69, 9.17) is 0 Å². The Bertz CT molecular complexity index is 793. The first-order valence-electron chi connectivity index (χ1n) is 6.24. The van der Waals surface area contributed by atoms with Gasteiger partial charge in [-0.25, -0.2) is 8.42 Å². The van der Waals surface area contributed by atoms with Crippen molar-refractivity contribution >= 4 is 32.5 Å². The molecular formula is C14H12NO4S-. The van der Waals surface area contributed by atoms with Gasteiger partial charge in [0.05, 0.1) is 15.8 Å². The van der Waals surface area contributed by atoms with E-state index in [2.05, 4.69) is 0 Å². The third-order valence-electron chi connectivity index (χ3n) is 3.43. The average molecular weight is 290 g/mol. The van der Waals surface area contributed by atoms with E-state index in [1.54, 1.807) is 11.0 Å². The zero-order valence-electron chi connectivity index (χ0n) is 10.6. The van der Waals surface area contributed by atoms with Crippen molar-refractivity contribution in [3.8, 4) is 0 Å². The minimum absolute atomic E-state index is 0.139. The van der Waals surface area contributed by atoms with Gasteiger partial charge in [-0.3, -0.25) is 4.79 Å². The Morgan fingerprint density at radius 1 is 1.10 bits per heavy atom. The number of hydrogen-bond acceptors (Lipinski definition) is 4. The Balaban J connectivity index is 1.93. The number of anilines is 1. The summed E-state index contributed by atoms with van der Waals surface area (Å²) in [4.78, 5) is 13.9. The van der Waals surface area contributed by atoms with Crippen LogP contribution >= 0.6 is 0 Å². The summed E-state index contributed by atoms with van der Waals surface area (Å²) in [5.41, 5.74) is 1.41. The lowest BCUT2D eigenvalue weighted by Crippen LogP contribution is -2.29. The van der Waals surface area contributed by atoms with Crippen LogP contribution in [0.4, 0.5) is 5.69 Å². The first-order chi connectivity index (χ1) is 9.47. The van der Waals surface area contributed by atoms with Gasteiger partial charge in [0.15, 0.2) is 0 Å². The van der Waals surface area contributed by atoms with E-state index in [0.717, 1.165) is 16.5 Å². The van der Waals surface area contributed by atoms with Gasteiger partial charge in [0, 0.05) is 23.2 Å². The van der Waals surface area contributed by atoms with Gasteiger partial charge in [-0.05, 0) is 23.9 Å². The van der Waals surface area contributed by atoms with E-state index >= 15 is 0 Å². The molecule has 0 radical (unpaired) electrons. The number of nitrogens with zero attached hydrogens (tertiary/aromatic N) is 1. The molecule has 5 nitrogen and oxygen atoms in total. The first kappa shape index (κ1) is 13.1. The standard InChI is InChI=1S/C14H13NO4S/c16-14-11-6-1-4-10-5-2-7-12(13(10)11)15(14)8-3-9-20(17,18)19/h1-2,4-7H,3,8-9H2,(H,17,18,19)/p-1. The second kappa shape index (κ2) is 4.57. The molecule has 6 heteroatoms. The summed E-state index contributed by atoms with van der Waals surface area (Å²) in [6.45, 7) is 0.230. The summed E-state index contributed by atoms with van der Waals surface area (Å²) >= 11 is 0. The minimum atomic E-state index is -4.24. The molecule has 104 valence electrons. The highest BCUT2D eigenvalue weighted by Gasteiger charge is 2.28. The number of carbonyl (C=O) groups excluding carboxylic acids is 1. The van der Waals surface area contributed by atoms with Gasteiger partial charge in [0.1, 0.15) is 0 Å². The van der Waals surface area contributed by atoms with Crippen molar-refractivity contribution in [1.82, 2.24) is 0 Å². The van der Waals surface area contributed by atoms with Crippen molar-refractivity contribution in [2.45, 2.75) is 6.42 Å². The van der Waals surface area contributed by atoms with E-state index < -0.39 is 15.9 Å². The van der Waals surface area contributed by atoms with E-state index in [0.29, 0.717) is 5.56 Å². The molecule has 0 saturated heterocycles. The lowest BCUT2D eigenvalue weighted by Gasteiger charge is -2.18. The predicted molar refractivity (Wildman–Crippen MR) is 74.8 cm³/mol. The van der Waals surface area contributed by atoms with Gasteiger partial charge in [-0.15, -0.1) is 0 Å². The monoisotopic (exact) mass is 290 g/mol. The number of carbonyl (C=O) groups is 1. The zero-order chi connectivity index (χ0) is 14.3. The van der Waals surface area contributed by atoms with Crippen molar-refractivity contribution in [3.63, 3.8) is 0 Å². The average Bonchev–Trinajstić information content (AvgIpc) is 2.66. The number of hydrogen-bond donors (Lipinski definition) is 0. The smallest absolute Gasteiger partial charge is 0.258 e. The van der Waals surface area contributed by atoms with Gasteiger partial charge in [0.25, 0.3) is 5.91 Å². The summed E-state index contributed by atoms with van der Waals surface area (Å²) in [7, 11) is -4.24. The number of amides is 1. The number of benzene rings is 2. The molecule has 0 atom stereocenters. The molecule has 0 unspecified atom stereocenters. The van der Waals surface area contributed by atoms with Crippen LogP contribution in [0.2, 0.25) is 0 Å². The van der Waals surface area contributed by atoms with Gasteiger partial charge < -0.3 is 9.45 Å². The Kier molecular flexibility index (Phi) is 2.99. The molecule has 0 bridgehead atoms. The predicted octanol–water partition coefficient (Wildman–Crippen LogP) is 1.74. The first-order valence-corrected chi connectivity index (χ1v) is 7.82. The molecule has 0 N–H and O–H groups in total. The normalized spacial score (nSPS) is 14.2. The zero-order valence-corrected chi connectivity index (χ0v) is 11.4. The molecule has 1 heterocycles. The highest BCUT2D eigenvalue weighted by molar-refractivity contribution is 7.85. The molecular weight excluding hydrogens is 278 g/mol. The molecule has 3 rings (SSSR count). The van der Waals surface area contributed by atoms with E-state index in [1.807, 2.05) is 30.3 Å². The molecule has 0 fully saturated rings. The van der Waals surface area contributed by atoms with E-state index in [9.17, 15) is 17.8 Å². The maximum absolute atomic E-state index is 12.3. The van der Waals surface area contributed by atoms with Crippen molar-refractivity contribution in [2.24, 2.45) is 0 Å². The van der Waals surface area contributed by atoms with Crippen LogP contribution in [0, 0.1) is 0 Å². The third kappa shape index (κ3) is 2.17. The fourth-order valence-corrected chi connectivity index (χ4v) is 3.08. The van der Waals surface area contributed by atoms with Crippen LogP contribution in [0.25, 0.3) is 10.8 Å². The molecule has 0 spiro atoms. The summed E-state index contributed by atoms with van der Waals surface area (Å²) in [5.74, 6) is -0.594. The van der Waals surface area contributed by atoms with Gasteiger partial charge in [-0.1, -0.05) is 24.3 Å². The van der Waals surface area contributed by atoms with Gasteiger partial charge in [0.2, 0.25) is 0 Å². The lowest BCUT2D eigenvalue weighted by molar-refractivity contribution is 0.0993. The van der Waals surface area contributed by atoms with Crippen molar-refractivity contribution in [2.75, 3.05) is 17.2 Å². The summed E-state index contributed by atoms with van der Waals surface area (Å²) in [5, 5.41) is 1.87. The summed E-state index contributed by atoms with van der Waals surface area (Å²) in [6, 6.07) is 11.1. The summed E-state index contributed by atoms with van der Waals surface area (Å²) < 4.78 is 31.9. The molecule has 0 aromatic heterocycles. The van der Waals surface area contributed by atoms with Gasteiger partial charge >= 0.3 is 0 Å². The third-order valence-corrected chi connectivity index (χ3v) is 4.21. The fraction of sp³-hybridized carbons (Fsp3) is 0.214. The molecule has 2 aromatic carbocycles. The fourth-order valence-electron chi connectivity index (χ4n) is 2.60. The molecule has 1 aliphatic rings. The Hall–Kier alpha value is -1.92. The molecule has 0 aliphatic carbocycles. The summed E-state index contributed by atoms with van der Waals surface area (Å²) in [6.07, 6.45) is 0.141. The van der Waals surface area contributed by atoms with E-state index in [1.165, 1.54) is 0 Å². The van der Waals surface area contributed by atoms with Crippen LogP contribution in [0.5, 0.6) is 0 Å². The maximum atomic E-state index is 12.3. The second-order valence-corrected chi connectivity index (χ2v) is 6.28. The molecule has 1 amide bonds. The molecule has 20 heavy (non-hydrogen) atoms. The molecule has 2 aromatic rings. The molecule has 1 aliphatic heterocycles. The largest absolute Gasteiger partial charge is 0.748 e. The van der Waals surface area contributed by atoms with Crippen LogP contribution in [0.3, 0.4) is 0 Å². The quantitative estimate of drug-likeness (QED) is 0.803. The lowest BCUT2D eigenvalue weighted by atomic mass is 10.1. The van der Waals surface area contributed by atoms with Crippen molar-refractivity contribution in [3.05, 3.63) is 42.0 Å². The van der Waals surface area contributed by atoms with Crippen LogP contribution in [-0.4, -0.2) is 31.2 Å². The van der Waals surface area contributed by atoms with Crippen molar-refractivity contribution in [1.29, 1.82) is 0 Å². The van der Waals surface area contributed by atoms with Crippen molar-refractivity contribution < 1.29 is 17.8 Å². The van der Waals surface area contributed by atoms with Crippen LogP contribution in [0.15, 0.2) is 36.4 Å².